The minimum atomic E-state index is -0.428. The fraction of sp³-hybridized carbons (Fsp3) is 0.818. The van der Waals surface area contributed by atoms with Gasteiger partial charge in [0.15, 0.2) is 0 Å². The number of nitrogens with two attached hydrogens (primary N) is 1. The van der Waals surface area contributed by atoms with E-state index in [0.717, 1.165) is 13.1 Å². The van der Waals surface area contributed by atoms with Crippen molar-refractivity contribution in [2.24, 2.45) is 5.73 Å². The van der Waals surface area contributed by atoms with Crippen molar-refractivity contribution >= 4 is 11.8 Å². The van der Waals surface area contributed by atoms with Gasteiger partial charge in [-0.2, -0.15) is 0 Å². The van der Waals surface area contributed by atoms with Gasteiger partial charge in [0.2, 0.25) is 11.8 Å². The van der Waals surface area contributed by atoms with Crippen molar-refractivity contribution < 1.29 is 9.59 Å². The Kier molecular flexibility index (Phi) is 4.29. The lowest BCUT2D eigenvalue weighted by Crippen LogP contribution is -2.53. The van der Waals surface area contributed by atoms with Gasteiger partial charge < -0.3 is 10.6 Å². The van der Waals surface area contributed by atoms with Gasteiger partial charge in [0.25, 0.3) is 0 Å². The fourth-order valence-corrected chi connectivity index (χ4v) is 2.38. The first-order valence-electron chi connectivity index (χ1n) is 5.87. The molecule has 0 spiro atoms. The summed E-state index contributed by atoms with van der Waals surface area (Å²) in [6.45, 7) is 7.74. The summed E-state index contributed by atoms with van der Waals surface area (Å²) in [5, 5.41) is 0. The number of hydrogen-bond donors (Lipinski definition) is 1. The highest BCUT2D eigenvalue weighted by atomic mass is 16.2. The van der Waals surface area contributed by atoms with Crippen LogP contribution in [0.4, 0.5) is 0 Å². The molecule has 2 N–H and O–H groups in total. The Morgan fingerprint density at radius 2 is 2.12 bits per heavy atom. The molecule has 0 bridgehead atoms. The van der Waals surface area contributed by atoms with Crippen LogP contribution in [0.5, 0.6) is 0 Å². The van der Waals surface area contributed by atoms with Gasteiger partial charge in [-0.1, -0.05) is 13.8 Å². The van der Waals surface area contributed by atoms with Gasteiger partial charge in [-0.05, 0) is 26.4 Å². The molecule has 5 heteroatoms. The van der Waals surface area contributed by atoms with Crippen LogP contribution in [-0.2, 0) is 9.59 Å². The molecule has 92 valence electrons. The third-order valence-corrected chi connectivity index (χ3v) is 3.33. The highest BCUT2D eigenvalue weighted by molar-refractivity contribution is 5.90. The van der Waals surface area contributed by atoms with Crippen molar-refractivity contribution in [3.05, 3.63) is 0 Å². The Hall–Kier alpha value is -1.10. The molecule has 2 atom stereocenters. The van der Waals surface area contributed by atoms with E-state index in [9.17, 15) is 9.59 Å². The normalized spacial score (nSPS) is 22.9. The lowest BCUT2D eigenvalue weighted by Gasteiger charge is -2.36. The summed E-state index contributed by atoms with van der Waals surface area (Å²) in [5.41, 5.74) is 5.32. The Morgan fingerprint density at radius 3 is 2.56 bits per heavy atom. The number of carbonyl (C=O) groups excluding carboxylic acids is 2. The Bertz CT molecular complexity index is 276. The standard InChI is InChI=1S/C11H21N3O2/c1-4-13(5-2)8(3)14-9(11(12)16)6-7-10(14)15/h8-9H,4-7H2,1-3H3,(H2,12,16). The first-order valence-corrected chi connectivity index (χ1v) is 5.87. The van der Waals surface area contributed by atoms with Crippen LogP contribution in [-0.4, -0.2) is 46.9 Å². The minimum Gasteiger partial charge on any atom is -0.368 e. The number of amides is 2. The van der Waals surface area contributed by atoms with Crippen molar-refractivity contribution in [1.29, 1.82) is 0 Å². The molecule has 1 fully saturated rings. The molecular formula is C11H21N3O2. The molecule has 0 aromatic heterocycles. The maximum Gasteiger partial charge on any atom is 0.240 e. The molecule has 0 aromatic rings. The molecule has 0 radical (unpaired) electrons. The summed E-state index contributed by atoms with van der Waals surface area (Å²) < 4.78 is 0. The smallest absolute Gasteiger partial charge is 0.240 e. The van der Waals surface area contributed by atoms with Gasteiger partial charge in [0.1, 0.15) is 6.04 Å². The SMILES string of the molecule is CCN(CC)C(C)N1C(=O)CCC1C(N)=O. The topological polar surface area (TPSA) is 66.6 Å². The number of nitrogens with zero attached hydrogens (tertiary/aromatic N) is 2. The fourth-order valence-electron chi connectivity index (χ4n) is 2.38. The number of rotatable bonds is 5. The Morgan fingerprint density at radius 1 is 1.56 bits per heavy atom. The summed E-state index contributed by atoms with van der Waals surface area (Å²) in [4.78, 5) is 26.8. The van der Waals surface area contributed by atoms with Crippen molar-refractivity contribution in [3.63, 3.8) is 0 Å². The van der Waals surface area contributed by atoms with E-state index in [-0.39, 0.29) is 12.1 Å². The largest absolute Gasteiger partial charge is 0.368 e. The molecule has 0 saturated carbocycles. The second-order valence-corrected chi connectivity index (χ2v) is 4.11. The van der Waals surface area contributed by atoms with Gasteiger partial charge in [0.05, 0.1) is 6.17 Å². The summed E-state index contributed by atoms with van der Waals surface area (Å²) in [6, 6.07) is -0.428. The van der Waals surface area contributed by atoms with E-state index in [4.69, 9.17) is 5.73 Å². The van der Waals surface area contributed by atoms with Crippen LogP contribution in [0.3, 0.4) is 0 Å². The van der Waals surface area contributed by atoms with E-state index in [1.165, 1.54) is 0 Å². The predicted octanol–water partition coefficient (Wildman–Crippen LogP) is 0.151. The quantitative estimate of drug-likeness (QED) is 0.727. The maximum atomic E-state index is 11.8. The van der Waals surface area contributed by atoms with E-state index in [1.54, 1.807) is 4.90 Å². The van der Waals surface area contributed by atoms with Gasteiger partial charge in [0, 0.05) is 6.42 Å². The Labute approximate surface area is 96.6 Å². The minimum absolute atomic E-state index is 0.0307. The van der Waals surface area contributed by atoms with Crippen LogP contribution < -0.4 is 5.73 Å². The predicted molar refractivity (Wildman–Crippen MR) is 61.4 cm³/mol. The van der Waals surface area contributed by atoms with Gasteiger partial charge in [-0.15, -0.1) is 0 Å². The zero-order valence-electron chi connectivity index (χ0n) is 10.3. The van der Waals surface area contributed by atoms with Gasteiger partial charge >= 0.3 is 0 Å². The molecule has 5 nitrogen and oxygen atoms in total. The average Bonchev–Trinajstić information content (AvgIpc) is 2.61. The first-order chi connectivity index (χ1) is 7.52. The second-order valence-electron chi connectivity index (χ2n) is 4.11. The van der Waals surface area contributed by atoms with E-state index in [1.807, 2.05) is 20.8 Å². The third-order valence-electron chi connectivity index (χ3n) is 3.33. The maximum absolute atomic E-state index is 11.8. The first kappa shape index (κ1) is 13.0. The number of hydrogen-bond acceptors (Lipinski definition) is 3. The molecule has 16 heavy (non-hydrogen) atoms. The monoisotopic (exact) mass is 227 g/mol. The van der Waals surface area contributed by atoms with E-state index < -0.39 is 11.9 Å². The van der Waals surface area contributed by atoms with Crippen LogP contribution in [0.15, 0.2) is 0 Å². The van der Waals surface area contributed by atoms with Crippen LogP contribution in [0.2, 0.25) is 0 Å². The molecule has 1 aliphatic heterocycles. The molecular weight excluding hydrogens is 206 g/mol. The van der Waals surface area contributed by atoms with Crippen LogP contribution >= 0.6 is 0 Å². The highest BCUT2D eigenvalue weighted by Gasteiger charge is 2.38. The summed E-state index contributed by atoms with van der Waals surface area (Å²) in [6.07, 6.45) is 0.932. The van der Waals surface area contributed by atoms with Crippen molar-refractivity contribution in [1.82, 2.24) is 9.80 Å². The molecule has 0 aliphatic carbocycles. The average molecular weight is 227 g/mol. The molecule has 2 unspecified atom stereocenters. The lowest BCUT2D eigenvalue weighted by atomic mass is 10.2. The summed E-state index contributed by atoms with van der Waals surface area (Å²) in [7, 11) is 0. The van der Waals surface area contributed by atoms with Gasteiger partial charge in [-0.3, -0.25) is 14.5 Å². The molecule has 1 rings (SSSR count). The highest BCUT2D eigenvalue weighted by Crippen LogP contribution is 2.22. The van der Waals surface area contributed by atoms with Crippen LogP contribution in [0.25, 0.3) is 0 Å². The lowest BCUT2D eigenvalue weighted by molar-refractivity contribution is -0.140. The van der Waals surface area contributed by atoms with Crippen molar-refractivity contribution in [2.45, 2.75) is 45.8 Å². The second kappa shape index (κ2) is 5.30. The Balaban J connectivity index is 2.82. The van der Waals surface area contributed by atoms with E-state index >= 15 is 0 Å². The molecule has 2 amide bonds. The zero-order chi connectivity index (χ0) is 12.3. The molecule has 1 heterocycles. The number of likely N-dealkylation sites (tertiary alicyclic amines) is 1. The summed E-state index contributed by atoms with van der Waals surface area (Å²) >= 11 is 0. The van der Waals surface area contributed by atoms with E-state index in [2.05, 4.69) is 4.90 Å². The molecule has 1 aliphatic rings. The molecule has 1 saturated heterocycles. The zero-order valence-corrected chi connectivity index (χ0v) is 10.3. The third kappa shape index (κ3) is 2.35. The van der Waals surface area contributed by atoms with E-state index in [0.29, 0.717) is 12.8 Å². The van der Waals surface area contributed by atoms with Crippen molar-refractivity contribution in [3.8, 4) is 0 Å². The number of carbonyl (C=O) groups is 2. The van der Waals surface area contributed by atoms with Crippen molar-refractivity contribution in [2.75, 3.05) is 13.1 Å². The van der Waals surface area contributed by atoms with Gasteiger partial charge in [-0.25, -0.2) is 0 Å². The summed E-state index contributed by atoms with van der Waals surface area (Å²) in [5.74, 6) is -0.368. The van der Waals surface area contributed by atoms with Crippen LogP contribution in [0.1, 0.15) is 33.6 Å². The number of primary amides is 1. The van der Waals surface area contributed by atoms with Crippen LogP contribution in [0, 0.1) is 0 Å². The molecule has 0 aromatic carbocycles.